The molecule has 1 fully saturated rings. The first-order valence-electron chi connectivity index (χ1n) is 6.78. The van der Waals surface area contributed by atoms with Crippen LogP contribution in [0.2, 0.25) is 0 Å². The Morgan fingerprint density at radius 3 is 2.70 bits per heavy atom. The number of nitrogens with two attached hydrogens (primary N) is 2. The Morgan fingerprint density at radius 1 is 1.50 bits per heavy atom. The van der Waals surface area contributed by atoms with Crippen molar-refractivity contribution >= 4 is 39.7 Å². The number of nitrogens with one attached hydrogen (secondary N) is 1. The number of hydrogen-bond donors (Lipinski definition) is 3. The summed E-state index contributed by atoms with van der Waals surface area (Å²) in [6.45, 7) is 5.53. The zero-order valence-corrected chi connectivity index (χ0v) is 13.6. The van der Waals surface area contributed by atoms with Gasteiger partial charge in [0.05, 0.1) is 10.6 Å². The van der Waals surface area contributed by atoms with Gasteiger partial charge in [-0.1, -0.05) is 0 Å². The fraction of sp³-hybridized carbons (Fsp3) is 0.615. The molecular formula is C13H22N4OS2. The minimum atomic E-state index is -0.456. The molecule has 0 spiro atoms. The molecule has 0 bridgehead atoms. The van der Waals surface area contributed by atoms with Crippen molar-refractivity contribution in [2.45, 2.75) is 30.7 Å². The largest absolute Gasteiger partial charge is 0.396 e. The van der Waals surface area contributed by atoms with Crippen molar-refractivity contribution in [2.75, 3.05) is 36.9 Å². The summed E-state index contributed by atoms with van der Waals surface area (Å²) in [7, 11) is 0. The minimum absolute atomic E-state index is 0.317. The second-order valence-electron chi connectivity index (χ2n) is 5.12. The Balaban J connectivity index is 2.07. The molecule has 0 saturated carbocycles. The summed E-state index contributed by atoms with van der Waals surface area (Å²) < 4.78 is 0. The van der Waals surface area contributed by atoms with Crippen molar-refractivity contribution in [1.82, 2.24) is 4.90 Å². The molecule has 1 aliphatic rings. The summed E-state index contributed by atoms with van der Waals surface area (Å²) in [5.74, 6) is -0.456. The SMILES string of the molecule is CSc1c(NC(C)CN2CCCC2)sc(C(N)=O)c1N. The van der Waals surface area contributed by atoms with Gasteiger partial charge in [-0.15, -0.1) is 23.1 Å². The highest BCUT2D eigenvalue weighted by molar-refractivity contribution is 7.99. The lowest BCUT2D eigenvalue weighted by Crippen LogP contribution is -2.32. The fourth-order valence-electron chi connectivity index (χ4n) is 2.53. The van der Waals surface area contributed by atoms with Gasteiger partial charge in [0.25, 0.3) is 5.91 Å². The van der Waals surface area contributed by atoms with Crippen molar-refractivity contribution < 1.29 is 4.79 Å². The highest BCUT2D eigenvalue weighted by Gasteiger charge is 2.21. The van der Waals surface area contributed by atoms with E-state index in [1.54, 1.807) is 11.8 Å². The van der Waals surface area contributed by atoms with Gasteiger partial charge in [-0.3, -0.25) is 4.79 Å². The molecule has 112 valence electrons. The summed E-state index contributed by atoms with van der Waals surface area (Å²) in [6, 6.07) is 0.317. The molecule has 1 aromatic rings. The van der Waals surface area contributed by atoms with Crippen molar-refractivity contribution in [3.63, 3.8) is 0 Å². The fourth-order valence-corrected chi connectivity index (χ4v) is 4.52. The quantitative estimate of drug-likeness (QED) is 0.700. The number of nitrogen functional groups attached to an aromatic ring is 1. The summed E-state index contributed by atoms with van der Waals surface area (Å²) in [6.07, 6.45) is 4.54. The van der Waals surface area contributed by atoms with Gasteiger partial charge >= 0.3 is 0 Å². The molecule has 1 atom stereocenters. The number of carbonyl (C=O) groups is 1. The topological polar surface area (TPSA) is 84.4 Å². The lowest BCUT2D eigenvalue weighted by molar-refractivity contribution is 0.100. The molecular weight excluding hydrogens is 292 g/mol. The second-order valence-corrected chi connectivity index (χ2v) is 6.96. The number of nitrogens with zero attached hydrogens (tertiary/aromatic N) is 1. The van der Waals surface area contributed by atoms with E-state index in [0.717, 1.165) is 16.4 Å². The molecule has 0 radical (unpaired) electrons. The standard InChI is InChI=1S/C13H22N4OS2/c1-8(7-17-5-3-4-6-17)16-13-11(19-2)9(14)10(20-13)12(15)18/h8,16H,3-7,14H2,1-2H3,(H2,15,18). The van der Waals surface area contributed by atoms with Crippen LogP contribution in [-0.4, -0.2) is 42.7 Å². The van der Waals surface area contributed by atoms with E-state index < -0.39 is 5.91 Å². The van der Waals surface area contributed by atoms with Crippen LogP contribution in [0.4, 0.5) is 10.7 Å². The Hall–Kier alpha value is -0.920. The van der Waals surface area contributed by atoms with Gasteiger partial charge in [0.2, 0.25) is 0 Å². The molecule has 1 aliphatic heterocycles. The van der Waals surface area contributed by atoms with Crippen molar-refractivity contribution in [3.8, 4) is 0 Å². The first-order valence-corrected chi connectivity index (χ1v) is 8.82. The maximum absolute atomic E-state index is 11.4. The lowest BCUT2D eigenvalue weighted by Gasteiger charge is -2.21. The number of likely N-dealkylation sites (tertiary alicyclic amines) is 1. The number of amides is 1. The molecule has 7 heteroatoms. The molecule has 0 aromatic carbocycles. The average Bonchev–Trinajstić information content (AvgIpc) is 2.97. The predicted octanol–water partition coefficient (Wildman–Crippen LogP) is 2.05. The van der Waals surface area contributed by atoms with Gasteiger partial charge in [-0.2, -0.15) is 0 Å². The third-order valence-electron chi connectivity index (χ3n) is 3.44. The van der Waals surface area contributed by atoms with E-state index in [2.05, 4.69) is 17.1 Å². The Kier molecular flexibility index (Phi) is 5.17. The molecule has 1 saturated heterocycles. The molecule has 2 rings (SSSR count). The Bertz CT molecular complexity index is 483. The third-order valence-corrected chi connectivity index (χ3v) is 5.55. The normalized spacial score (nSPS) is 17.3. The van der Waals surface area contributed by atoms with E-state index in [0.29, 0.717) is 16.6 Å². The average molecular weight is 314 g/mol. The van der Waals surface area contributed by atoms with E-state index in [9.17, 15) is 4.79 Å². The van der Waals surface area contributed by atoms with Gasteiger partial charge in [-0.05, 0) is 39.1 Å². The smallest absolute Gasteiger partial charge is 0.261 e. The van der Waals surface area contributed by atoms with Gasteiger partial charge < -0.3 is 21.7 Å². The van der Waals surface area contributed by atoms with Crippen molar-refractivity contribution in [2.24, 2.45) is 5.73 Å². The summed E-state index contributed by atoms with van der Waals surface area (Å²) in [5, 5.41) is 4.43. The highest BCUT2D eigenvalue weighted by Crippen LogP contribution is 2.41. The van der Waals surface area contributed by atoms with Crippen molar-refractivity contribution in [1.29, 1.82) is 0 Å². The van der Waals surface area contributed by atoms with Crippen LogP contribution < -0.4 is 16.8 Å². The molecule has 5 N–H and O–H groups in total. The zero-order valence-electron chi connectivity index (χ0n) is 11.9. The van der Waals surface area contributed by atoms with Crippen LogP contribution in [0.25, 0.3) is 0 Å². The first kappa shape index (κ1) is 15.5. The van der Waals surface area contributed by atoms with Crippen LogP contribution in [0.5, 0.6) is 0 Å². The number of rotatable bonds is 6. The molecule has 1 amide bonds. The van der Waals surface area contributed by atoms with Crippen LogP contribution in [0.3, 0.4) is 0 Å². The number of thioether (sulfide) groups is 1. The highest BCUT2D eigenvalue weighted by atomic mass is 32.2. The molecule has 0 aliphatic carbocycles. The number of thiophene rings is 1. The zero-order chi connectivity index (χ0) is 14.7. The van der Waals surface area contributed by atoms with Gasteiger partial charge in [0.1, 0.15) is 9.88 Å². The van der Waals surface area contributed by atoms with Crippen molar-refractivity contribution in [3.05, 3.63) is 4.88 Å². The molecule has 20 heavy (non-hydrogen) atoms. The maximum Gasteiger partial charge on any atom is 0.261 e. The maximum atomic E-state index is 11.4. The number of hydrogen-bond acceptors (Lipinski definition) is 6. The molecule has 1 unspecified atom stereocenters. The Morgan fingerprint density at radius 2 is 2.15 bits per heavy atom. The minimum Gasteiger partial charge on any atom is -0.396 e. The number of anilines is 2. The summed E-state index contributed by atoms with van der Waals surface area (Å²) >= 11 is 2.90. The molecule has 5 nitrogen and oxygen atoms in total. The summed E-state index contributed by atoms with van der Waals surface area (Å²) in [5.41, 5.74) is 11.9. The van der Waals surface area contributed by atoms with Gasteiger partial charge in [0.15, 0.2) is 0 Å². The van der Waals surface area contributed by atoms with E-state index in [4.69, 9.17) is 11.5 Å². The van der Waals surface area contributed by atoms with E-state index >= 15 is 0 Å². The second kappa shape index (κ2) is 6.69. The lowest BCUT2D eigenvalue weighted by atomic mass is 10.3. The number of primary amides is 1. The van der Waals surface area contributed by atoms with E-state index in [1.807, 2.05) is 6.26 Å². The van der Waals surface area contributed by atoms with Crippen LogP contribution >= 0.6 is 23.1 Å². The molecule has 2 heterocycles. The predicted molar refractivity (Wildman–Crippen MR) is 87.8 cm³/mol. The van der Waals surface area contributed by atoms with Crippen LogP contribution in [0.15, 0.2) is 4.90 Å². The number of carbonyl (C=O) groups excluding carboxylic acids is 1. The molecule has 1 aromatic heterocycles. The first-order chi connectivity index (χ1) is 9.52. The van der Waals surface area contributed by atoms with E-state index in [1.165, 1.54) is 37.3 Å². The summed E-state index contributed by atoms with van der Waals surface area (Å²) in [4.78, 5) is 15.2. The Labute approximate surface area is 128 Å². The van der Waals surface area contributed by atoms with Crippen LogP contribution in [0, 0.1) is 0 Å². The van der Waals surface area contributed by atoms with Crippen LogP contribution in [-0.2, 0) is 0 Å². The van der Waals surface area contributed by atoms with Crippen LogP contribution in [0.1, 0.15) is 29.4 Å². The van der Waals surface area contributed by atoms with Gasteiger partial charge in [-0.25, -0.2) is 0 Å². The van der Waals surface area contributed by atoms with E-state index in [-0.39, 0.29) is 0 Å². The monoisotopic (exact) mass is 314 g/mol. The van der Waals surface area contributed by atoms with Gasteiger partial charge in [0, 0.05) is 12.6 Å². The third kappa shape index (κ3) is 3.39.